The van der Waals surface area contributed by atoms with E-state index in [0.29, 0.717) is 17.7 Å². The van der Waals surface area contributed by atoms with E-state index in [2.05, 4.69) is 15.3 Å². The average molecular weight is 405 g/mol. The number of H-pyrrole nitrogens is 1. The minimum Gasteiger partial charge on any atom is -0.449 e. The zero-order valence-electron chi connectivity index (χ0n) is 18.0. The minimum absolute atomic E-state index is 0.337. The third-order valence-corrected chi connectivity index (χ3v) is 5.07. The number of benzene rings is 2. The molecule has 30 heavy (non-hydrogen) atoms. The first-order valence-electron chi connectivity index (χ1n) is 10.0. The second kappa shape index (κ2) is 8.95. The van der Waals surface area contributed by atoms with Gasteiger partial charge in [-0.3, -0.25) is 4.79 Å². The first-order chi connectivity index (χ1) is 14.3. The maximum atomic E-state index is 12.6. The Bertz CT molecular complexity index is 1050. The first kappa shape index (κ1) is 21.3. The number of aromatic nitrogens is 2. The number of amides is 1. The smallest absolute Gasteiger partial charge is 0.338 e. The monoisotopic (exact) mass is 405 g/mol. The molecule has 0 saturated carbocycles. The van der Waals surface area contributed by atoms with Crippen LogP contribution < -0.4 is 5.32 Å². The third-order valence-electron chi connectivity index (χ3n) is 5.07. The molecule has 3 rings (SSSR count). The standard InChI is InChI=1S/C24H27N3O3/c1-6-21(23(28)27-20-12-7-14(2)13-15(20)3)30-24(29)19-10-8-18(9-11-19)22-25-16(4)17(5)26-22/h7-13,21H,6H2,1-5H3,(H,25,26)(H,27,28). The van der Waals surface area contributed by atoms with E-state index in [1.807, 2.05) is 65.0 Å². The number of ether oxygens (including phenoxy) is 1. The Morgan fingerprint density at radius 3 is 2.33 bits per heavy atom. The van der Waals surface area contributed by atoms with E-state index in [-0.39, 0.29) is 5.91 Å². The molecule has 0 aliphatic heterocycles. The van der Waals surface area contributed by atoms with Gasteiger partial charge in [0.15, 0.2) is 6.10 Å². The van der Waals surface area contributed by atoms with Gasteiger partial charge in [0.05, 0.1) is 11.3 Å². The molecular weight excluding hydrogens is 378 g/mol. The highest BCUT2D eigenvalue weighted by Gasteiger charge is 2.22. The van der Waals surface area contributed by atoms with E-state index in [1.165, 1.54) is 0 Å². The number of anilines is 1. The Hall–Kier alpha value is -3.41. The van der Waals surface area contributed by atoms with Gasteiger partial charge in [-0.1, -0.05) is 36.8 Å². The summed E-state index contributed by atoms with van der Waals surface area (Å²) in [6, 6.07) is 12.8. The van der Waals surface area contributed by atoms with Crippen LogP contribution in [-0.4, -0.2) is 27.9 Å². The van der Waals surface area contributed by atoms with Crippen LogP contribution >= 0.6 is 0 Å². The molecule has 0 spiro atoms. The average Bonchev–Trinajstić information content (AvgIpc) is 3.06. The molecule has 1 amide bonds. The molecule has 1 heterocycles. The summed E-state index contributed by atoms with van der Waals surface area (Å²) < 4.78 is 5.48. The molecular formula is C24H27N3O3. The van der Waals surface area contributed by atoms with Crippen LogP contribution in [-0.2, 0) is 9.53 Å². The zero-order chi connectivity index (χ0) is 21.8. The maximum Gasteiger partial charge on any atom is 0.338 e. The Morgan fingerprint density at radius 2 is 1.77 bits per heavy atom. The normalized spacial score (nSPS) is 11.8. The number of hydrogen-bond donors (Lipinski definition) is 2. The van der Waals surface area contributed by atoms with Crippen LogP contribution in [0.1, 0.15) is 46.2 Å². The fraction of sp³-hybridized carbons (Fsp3) is 0.292. The van der Waals surface area contributed by atoms with Crippen molar-refractivity contribution >= 4 is 17.6 Å². The molecule has 3 aromatic rings. The molecule has 0 bridgehead atoms. The van der Waals surface area contributed by atoms with Crippen molar-refractivity contribution in [3.05, 3.63) is 70.5 Å². The Morgan fingerprint density at radius 1 is 1.07 bits per heavy atom. The lowest BCUT2D eigenvalue weighted by molar-refractivity contribution is -0.124. The van der Waals surface area contributed by atoms with Gasteiger partial charge in [-0.05, 0) is 57.9 Å². The van der Waals surface area contributed by atoms with E-state index in [9.17, 15) is 9.59 Å². The summed E-state index contributed by atoms with van der Waals surface area (Å²) >= 11 is 0. The molecule has 0 aliphatic carbocycles. The first-order valence-corrected chi connectivity index (χ1v) is 10.0. The van der Waals surface area contributed by atoms with Crippen molar-refractivity contribution in [2.75, 3.05) is 5.32 Å². The molecule has 1 atom stereocenters. The van der Waals surface area contributed by atoms with E-state index in [0.717, 1.165) is 33.9 Å². The van der Waals surface area contributed by atoms with Crippen molar-refractivity contribution in [2.24, 2.45) is 0 Å². The van der Waals surface area contributed by atoms with Gasteiger partial charge in [0.2, 0.25) is 0 Å². The number of nitrogens with one attached hydrogen (secondary N) is 2. The molecule has 0 fully saturated rings. The number of nitrogens with zero attached hydrogens (tertiary/aromatic N) is 1. The second-order valence-electron chi connectivity index (χ2n) is 7.48. The fourth-order valence-electron chi connectivity index (χ4n) is 3.14. The summed E-state index contributed by atoms with van der Waals surface area (Å²) in [5.41, 5.74) is 6.01. The fourth-order valence-corrected chi connectivity index (χ4v) is 3.14. The van der Waals surface area contributed by atoms with Crippen LogP contribution in [0.3, 0.4) is 0 Å². The van der Waals surface area contributed by atoms with Crippen molar-refractivity contribution in [3.8, 4) is 11.4 Å². The topological polar surface area (TPSA) is 84.1 Å². The van der Waals surface area contributed by atoms with Crippen LogP contribution in [0, 0.1) is 27.7 Å². The summed E-state index contributed by atoms with van der Waals surface area (Å²) in [6.07, 6.45) is -0.487. The molecule has 1 aromatic heterocycles. The molecule has 2 N–H and O–H groups in total. The van der Waals surface area contributed by atoms with Crippen molar-refractivity contribution in [2.45, 2.75) is 47.1 Å². The highest BCUT2D eigenvalue weighted by atomic mass is 16.5. The number of carbonyl (C=O) groups is 2. The maximum absolute atomic E-state index is 12.6. The van der Waals surface area contributed by atoms with Crippen LogP contribution in [0.15, 0.2) is 42.5 Å². The molecule has 156 valence electrons. The van der Waals surface area contributed by atoms with Gasteiger partial charge in [-0.25, -0.2) is 9.78 Å². The summed E-state index contributed by atoms with van der Waals surface area (Å²) in [4.78, 5) is 32.9. The van der Waals surface area contributed by atoms with E-state index < -0.39 is 12.1 Å². The van der Waals surface area contributed by atoms with Gasteiger partial charge < -0.3 is 15.0 Å². The Balaban J connectivity index is 1.67. The Kier molecular flexibility index (Phi) is 6.35. The van der Waals surface area contributed by atoms with Crippen LogP contribution in [0.4, 0.5) is 5.69 Å². The number of carbonyl (C=O) groups excluding carboxylic acids is 2. The van der Waals surface area contributed by atoms with Gasteiger partial charge in [-0.2, -0.15) is 0 Å². The summed E-state index contributed by atoms with van der Waals surface area (Å²) in [6.45, 7) is 9.64. The van der Waals surface area contributed by atoms with Gasteiger partial charge >= 0.3 is 5.97 Å². The van der Waals surface area contributed by atoms with Crippen LogP contribution in [0.5, 0.6) is 0 Å². The summed E-state index contributed by atoms with van der Waals surface area (Å²) in [5, 5.41) is 2.85. The van der Waals surface area contributed by atoms with Crippen molar-refractivity contribution < 1.29 is 14.3 Å². The third kappa shape index (κ3) is 4.76. The zero-order valence-corrected chi connectivity index (χ0v) is 18.0. The summed E-state index contributed by atoms with van der Waals surface area (Å²) in [7, 11) is 0. The Labute approximate surface area is 176 Å². The molecule has 0 saturated heterocycles. The van der Waals surface area contributed by atoms with Crippen molar-refractivity contribution in [1.82, 2.24) is 9.97 Å². The predicted molar refractivity (Wildman–Crippen MR) is 118 cm³/mol. The van der Waals surface area contributed by atoms with Crippen molar-refractivity contribution in [3.63, 3.8) is 0 Å². The van der Waals surface area contributed by atoms with Gasteiger partial charge in [0.25, 0.3) is 5.91 Å². The number of aryl methyl sites for hydroxylation is 4. The van der Waals surface area contributed by atoms with Gasteiger partial charge in [-0.15, -0.1) is 0 Å². The lowest BCUT2D eigenvalue weighted by atomic mass is 10.1. The largest absolute Gasteiger partial charge is 0.449 e. The number of hydrogen-bond acceptors (Lipinski definition) is 4. The van der Waals surface area contributed by atoms with E-state index in [1.54, 1.807) is 12.1 Å². The molecule has 6 nitrogen and oxygen atoms in total. The molecule has 0 aliphatic rings. The minimum atomic E-state index is -0.867. The number of aromatic amines is 1. The van der Waals surface area contributed by atoms with Crippen LogP contribution in [0.2, 0.25) is 0 Å². The predicted octanol–water partition coefficient (Wildman–Crippen LogP) is 4.88. The van der Waals surface area contributed by atoms with E-state index in [4.69, 9.17) is 4.74 Å². The SMILES string of the molecule is CCC(OC(=O)c1ccc(-c2nc(C)c(C)[nH]2)cc1)C(=O)Nc1ccc(C)cc1C. The second-order valence-corrected chi connectivity index (χ2v) is 7.48. The van der Waals surface area contributed by atoms with Crippen LogP contribution in [0.25, 0.3) is 11.4 Å². The van der Waals surface area contributed by atoms with E-state index >= 15 is 0 Å². The number of esters is 1. The quantitative estimate of drug-likeness (QED) is 0.572. The summed E-state index contributed by atoms with van der Waals surface area (Å²) in [5.74, 6) is -0.115. The highest BCUT2D eigenvalue weighted by molar-refractivity contribution is 5.98. The number of imidazole rings is 1. The lowest BCUT2D eigenvalue weighted by Gasteiger charge is -2.17. The molecule has 1 unspecified atom stereocenters. The van der Waals surface area contributed by atoms with Crippen molar-refractivity contribution in [1.29, 1.82) is 0 Å². The number of rotatable bonds is 6. The molecule has 2 aromatic carbocycles. The van der Waals surface area contributed by atoms with Gasteiger partial charge in [0.1, 0.15) is 5.82 Å². The molecule has 0 radical (unpaired) electrons. The molecule has 6 heteroatoms. The van der Waals surface area contributed by atoms with Gasteiger partial charge in [0, 0.05) is 16.9 Å². The highest BCUT2D eigenvalue weighted by Crippen LogP contribution is 2.20. The lowest BCUT2D eigenvalue weighted by Crippen LogP contribution is -2.32.